The van der Waals surface area contributed by atoms with Gasteiger partial charge in [-0.3, -0.25) is 9.59 Å². The Bertz CT molecular complexity index is 827. The fourth-order valence-corrected chi connectivity index (χ4v) is 7.21. The monoisotopic (exact) mass is 593 g/mol. The van der Waals surface area contributed by atoms with Gasteiger partial charge in [0.2, 0.25) is 0 Å². The number of esters is 2. The minimum atomic E-state index is -0.324. The molecule has 0 aromatic rings. The van der Waals surface area contributed by atoms with E-state index in [4.69, 9.17) is 9.47 Å². The van der Waals surface area contributed by atoms with E-state index in [1.54, 1.807) is 0 Å². The zero-order valence-electron chi connectivity index (χ0n) is 30.9. The SMILES string of the molecule is CC(C)C(C)C(=O)OC1CC(C)C(C(C)(C)C)CC1C(C)(C)C.CCCC(C)(C)C(=O)OC1CCC(C(C)(C)C)CC1. The molecule has 4 nitrogen and oxygen atoms in total. The summed E-state index contributed by atoms with van der Waals surface area (Å²) in [7, 11) is 0. The van der Waals surface area contributed by atoms with E-state index in [2.05, 4.69) is 90.0 Å². The fraction of sp³-hybridized carbons (Fsp3) is 0.947. The molecule has 5 atom stereocenters. The fourth-order valence-electron chi connectivity index (χ4n) is 7.21. The van der Waals surface area contributed by atoms with Crippen molar-refractivity contribution in [3.05, 3.63) is 0 Å². The van der Waals surface area contributed by atoms with Crippen LogP contribution >= 0.6 is 0 Å². The Morgan fingerprint density at radius 2 is 1.21 bits per heavy atom. The molecular weight excluding hydrogens is 520 g/mol. The maximum absolute atomic E-state index is 12.5. The largest absolute Gasteiger partial charge is 0.462 e. The van der Waals surface area contributed by atoms with Crippen LogP contribution < -0.4 is 0 Å². The molecule has 2 rings (SSSR count). The number of carbonyl (C=O) groups excluding carboxylic acids is 2. The van der Waals surface area contributed by atoms with Crippen LogP contribution in [0, 0.1) is 57.2 Å². The van der Waals surface area contributed by atoms with Crippen LogP contribution in [-0.2, 0) is 19.1 Å². The summed E-state index contributed by atoms with van der Waals surface area (Å²) in [4.78, 5) is 24.7. The first-order chi connectivity index (χ1) is 18.9. The molecular formula is C38H72O4. The van der Waals surface area contributed by atoms with Crippen molar-refractivity contribution < 1.29 is 19.1 Å². The summed E-state index contributed by atoms with van der Waals surface area (Å²) in [5.41, 5.74) is 0.533. The Hall–Kier alpha value is -1.06. The number of hydrogen-bond donors (Lipinski definition) is 0. The molecule has 4 heteroatoms. The third kappa shape index (κ3) is 11.8. The lowest BCUT2D eigenvalue weighted by Gasteiger charge is -2.49. The molecule has 42 heavy (non-hydrogen) atoms. The average molecular weight is 593 g/mol. The number of ether oxygens (including phenoxy) is 2. The van der Waals surface area contributed by atoms with Crippen molar-refractivity contribution in [2.24, 2.45) is 57.2 Å². The maximum Gasteiger partial charge on any atom is 0.311 e. The highest BCUT2D eigenvalue weighted by atomic mass is 16.5. The Morgan fingerprint density at radius 3 is 1.62 bits per heavy atom. The maximum atomic E-state index is 12.5. The summed E-state index contributed by atoms with van der Waals surface area (Å²) in [6, 6.07) is 0. The van der Waals surface area contributed by atoms with Crippen molar-refractivity contribution in [2.45, 2.75) is 174 Å². The summed E-state index contributed by atoms with van der Waals surface area (Å²) in [5.74, 6) is 2.78. The topological polar surface area (TPSA) is 52.6 Å². The standard InChI is InChI=1S/C21H40O2.C17H32O2/c1-13(2)15(4)19(22)23-18-11-14(3)16(20(5,6)7)12-17(18)21(8,9)10;1-7-12-17(5,6)15(18)19-14-10-8-13(9-11-14)16(2,3)4/h13-18H,11-12H2,1-10H3;13-14H,7-12H2,1-6H3. The number of hydrogen-bond acceptors (Lipinski definition) is 4. The van der Waals surface area contributed by atoms with Gasteiger partial charge in [-0.2, -0.15) is 0 Å². The second-order valence-electron chi connectivity index (χ2n) is 18.3. The molecule has 0 amide bonds. The van der Waals surface area contributed by atoms with E-state index in [1.165, 1.54) is 12.8 Å². The first kappa shape index (κ1) is 39.0. The van der Waals surface area contributed by atoms with Crippen molar-refractivity contribution in [3.63, 3.8) is 0 Å². The second kappa shape index (κ2) is 15.3. The predicted octanol–water partition coefficient (Wildman–Crippen LogP) is 10.9. The van der Waals surface area contributed by atoms with Crippen LogP contribution in [0.4, 0.5) is 0 Å². The Labute approximate surface area is 262 Å². The van der Waals surface area contributed by atoms with Crippen molar-refractivity contribution in [3.8, 4) is 0 Å². The molecule has 0 aromatic carbocycles. The first-order valence-corrected chi connectivity index (χ1v) is 17.3. The van der Waals surface area contributed by atoms with Crippen LogP contribution in [0.15, 0.2) is 0 Å². The molecule has 0 bridgehead atoms. The molecule has 0 aromatic heterocycles. The molecule has 2 aliphatic carbocycles. The predicted molar refractivity (Wildman–Crippen MR) is 178 cm³/mol. The Kier molecular flexibility index (Phi) is 14.2. The molecule has 5 unspecified atom stereocenters. The third-order valence-corrected chi connectivity index (χ3v) is 10.7. The minimum Gasteiger partial charge on any atom is -0.462 e. The quantitative estimate of drug-likeness (QED) is 0.276. The summed E-state index contributed by atoms with van der Waals surface area (Å²) in [6.07, 6.45) is 8.77. The van der Waals surface area contributed by atoms with Crippen molar-refractivity contribution in [1.82, 2.24) is 0 Å². The molecule has 0 spiro atoms. The van der Waals surface area contributed by atoms with E-state index in [-0.39, 0.29) is 40.9 Å². The van der Waals surface area contributed by atoms with E-state index in [9.17, 15) is 9.59 Å². The molecule has 248 valence electrons. The first-order valence-electron chi connectivity index (χ1n) is 17.3. The van der Waals surface area contributed by atoms with Crippen LogP contribution in [0.5, 0.6) is 0 Å². The molecule has 2 saturated carbocycles. The molecule has 0 aliphatic heterocycles. The van der Waals surface area contributed by atoms with Crippen LogP contribution in [0.1, 0.15) is 162 Å². The van der Waals surface area contributed by atoms with Crippen molar-refractivity contribution >= 4 is 11.9 Å². The molecule has 0 radical (unpaired) electrons. The van der Waals surface area contributed by atoms with Crippen molar-refractivity contribution in [1.29, 1.82) is 0 Å². The average Bonchev–Trinajstić information content (AvgIpc) is 2.82. The lowest BCUT2D eigenvalue weighted by molar-refractivity contribution is -0.167. The minimum absolute atomic E-state index is 0.00596. The highest BCUT2D eigenvalue weighted by molar-refractivity contribution is 5.76. The zero-order valence-corrected chi connectivity index (χ0v) is 30.9. The van der Waals surface area contributed by atoms with Gasteiger partial charge >= 0.3 is 11.9 Å². The molecule has 0 heterocycles. The zero-order chi connectivity index (χ0) is 32.8. The van der Waals surface area contributed by atoms with Gasteiger partial charge in [0.15, 0.2) is 0 Å². The molecule has 2 aliphatic rings. The van der Waals surface area contributed by atoms with Gasteiger partial charge in [0.1, 0.15) is 12.2 Å². The molecule has 0 N–H and O–H groups in total. The van der Waals surface area contributed by atoms with Gasteiger partial charge in [-0.15, -0.1) is 0 Å². The van der Waals surface area contributed by atoms with Gasteiger partial charge in [0, 0.05) is 5.92 Å². The number of carbonyl (C=O) groups is 2. The van der Waals surface area contributed by atoms with Crippen LogP contribution in [0.3, 0.4) is 0 Å². The molecule has 2 fully saturated rings. The highest BCUT2D eigenvalue weighted by Gasteiger charge is 2.46. The summed E-state index contributed by atoms with van der Waals surface area (Å²) in [6.45, 7) is 35.5. The highest BCUT2D eigenvalue weighted by Crippen LogP contribution is 2.50. The van der Waals surface area contributed by atoms with E-state index in [0.717, 1.165) is 44.4 Å². The van der Waals surface area contributed by atoms with Crippen molar-refractivity contribution in [2.75, 3.05) is 0 Å². The Balaban J connectivity index is 0.000000428. The lowest BCUT2D eigenvalue weighted by Crippen LogP contribution is -2.46. The van der Waals surface area contributed by atoms with Gasteiger partial charge in [-0.05, 0) is 98.7 Å². The van der Waals surface area contributed by atoms with E-state index in [0.29, 0.717) is 34.5 Å². The summed E-state index contributed by atoms with van der Waals surface area (Å²) >= 11 is 0. The Morgan fingerprint density at radius 1 is 0.714 bits per heavy atom. The van der Waals surface area contributed by atoms with Crippen LogP contribution in [0.25, 0.3) is 0 Å². The van der Waals surface area contributed by atoms with Gasteiger partial charge < -0.3 is 9.47 Å². The van der Waals surface area contributed by atoms with Gasteiger partial charge in [-0.1, -0.05) is 103 Å². The van der Waals surface area contributed by atoms with E-state index < -0.39 is 0 Å². The second-order valence-corrected chi connectivity index (χ2v) is 18.3. The van der Waals surface area contributed by atoms with Crippen LogP contribution in [-0.4, -0.2) is 24.1 Å². The van der Waals surface area contributed by atoms with Crippen LogP contribution in [0.2, 0.25) is 0 Å². The third-order valence-electron chi connectivity index (χ3n) is 10.7. The lowest BCUT2D eigenvalue weighted by atomic mass is 9.58. The normalized spacial score (nSPS) is 28.4. The number of rotatable bonds is 7. The van der Waals surface area contributed by atoms with E-state index in [1.807, 2.05) is 20.8 Å². The van der Waals surface area contributed by atoms with E-state index >= 15 is 0 Å². The van der Waals surface area contributed by atoms with Gasteiger partial charge in [0.25, 0.3) is 0 Å². The molecule has 0 saturated heterocycles. The summed E-state index contributed by atoms with van der Waals surface area (Å²) < 4.78 is 11.8. The summed E-state index contributed by atoms with van der Waals surface area (Å²) in [5, 5.41) is 0. The smallest absolute Gasteiger partial charge is 0.311 e. The van der Waals surface area contributed by atoms with Gasteiger partial charge in [-0.25, -0.2) is 0 Å². The van der Waals surface area contributed by atoms with Gasteiger partial charge in [0.05, 0.1) is 11.3 Å².